The molecule has 7 nitrogen and oxygen atoms in total. The zero-order valence-corrected chi connectivity index (χ0v) is 13.4. The Balaban J connectivity index is 1.59. The average Bonchev–Trinajstić information content (AvgIpc) is 2.50. The van der Waals surface area contributed by atoms with Crippen LogP contribution in [0.15, 0.2) is 16.9 Å². The molecule has 1 saturated heterocycles. The molecule has 126 valence electrons. The Labute approximate surface area is 135 Å². The van der Waals surface area contributed by atoms with E-state index >= 15 is 0 Å². The van der Waals surface area contributed by atoms with Crippen LogP contribution in [0.1, 0.15) is 36.2 Å². The van der Waals surface area contributed by atoms with Crippen LogP contribution in [0, 0.1) is 5.92 Å². The van der Waals surface area contributed by atoms with Crippen LogP contribution < -0.4 is 10.9 Å². The minimum Gasteiger partial charge on any atom is -0.379 e. The Morgan fingerprint density at radius 1 is 1.43 bits per heavy atom. The van der Waals surface area contributed by atoms with Crippen molar-refractivity contribution in [1.82, 2.24) is 15.1 Å². The molecule has 7 heteroatoms. The molecule has 2 heterocycles. The highest BCUT2D eigenvalue weighted by Crippen LogP contribution is 2.27. The number of carbonyl (C=O) groups excluding carboxylic acids is 1. The molecule has 0 bridgehead atoms. The third-order valence-electron chi connectivity index (χ3n) is 4.58. The predicted molar refractivity (Wildman–Crippen MR) is 83.2 cm³/mol. The fourth-order valence-corrected chi connectivity index (χ4v) is 2.83. The highest BCUT2D eigenvalue weighted by atomic mass is 16.5. The molecule has 1 N–H and O–H groups in total. The number of hydrogen-bond acceptors (Lipinski definition) is 5. The van der Waals surface area contributed by atoms with E-state index in [1.165, 1.54) is 38.4 Å². The van der Waals surface area contributed by atoms with E-state index in [2.05, 4.69) is 10.4 Å². The number of hydrogen-bond donors (Lipinski definition) is 1. The van der Waals surface area contributed by atoms with E-state index in [0.717, 1.165) is 11.3 Å². The lowest BCUT2D eigenvalue weighted by Gasteiger charge is -2.34. The standard InChI is InChI=1S/C16H23N3O4/c1-19-15(20)6-5-13(18-19)16(21)17-12-7-8-22-10-14(12)23-9-11-3-2-4-11/h5-6,11-12,14H,2-4,7-10H2,1H3,(H,17,21)/t12-,14-/m1/s1. The number of carbonyl (C=O) groups is 1. The van der Waals surface area contributed by atoms with Crippen LogP contribution in [0.25, 0.3) is 0 Å². The van der Waals surface area contributed by atoms with Crippen LogP contribution in [0.2, 0.25) is 0 Å². The summed E-state index contributed by atoms with van der Waals surface area (Å²) >= 11 is 0. The Morgan fingerprint density at radius 2 is 2.26 bits per heavy atom. The van der Waals surface area contributed by atoms with Gasteiger partial charge in [0, 0.05) is 26.3 Å². The van der Waals surface area contributed by atoms with Gasteiger partial charge in [-0.25, -0.2) is 4.68 Å². The Morgan fingerprint density at radius 3 is 2.96 bits per heavy atom. The van der Waals surface area contributed by atoms with E-state index in [9.17, 15) is 9.59 Å². The molecule has 0 spiro atoms. The lowest BCUT2D eigenvalue weighted by Crippen LogP contribution is -2.50. The van der Waals surface area contributed by atoms with Crippen LogP contribution in [0.4, 0.5) is 0 Å². The van der Waals surface area contributed by atoms with E-state index in [0.29, 0.717) is 25.6 Å². The summed E-state index contributed by atoms with van der Waals surface area (Å²) in [7, 11) is 1.53. The summed E-state index contributed by atoms with van der Waals surface area (Å²) in [6.07, 6.45) is 4.33. The summed E-state index contributed by atoms with van der Waals surface area (Å²) < 4.78 is 12.6. The molecule has 1 saturated carbocycles. The highest BCUT2D eigenvalue weighted by Gasteiger charge is 2.30. The van der Waals surface area contributed by atoms with Gasteiger partial charge in [-0.2, -0.15) is 5.10 Å². The second-order valence-corrected chi connectivity index (χ2v) is 6.29. The van der Waals surface area contributed by atoms with Crippen LogP contribution in [-0.4, -0.2) is 47.7 Å². The minimum absolute atomic E-state index is 0.0876. The molecule has 1 aliphatic carbocycles. The Hall–Kier alpha value is -1.73. The van der Waals surface area contributed by atoms with Crippen LogP contribution in [0.5, 0.6) is 0 Å². The molecule has 23 heavy (non-hydrogen) atoms. The van der Waals surface area contributed by atoms with Crippen LogP contribution >= 0.6 is 0 Å². The summed E-state index contributed by atoms with van der Waals surface area (Å²) in [4.78, 5) is 23.7. The molecule has 1 amide bonds. The smallest absolute Gasteiger partial charge is 0.272 e. The third kappa shape index (κ3) is 3.97. The van der Waals surface area contributed by atoms with Crippen molar-refractivity contribution in [3.8, 4) is 0 Å². The van der Waals surface area contributed by atoms with E-state index in [-0.39, 0.29) is 29.3 Å². The first kappa shape index (κ1) is 16.1. The molecular weight excluding hydrogens is 298 g/mol. The first-order valence-corrected chi connectivity index (χ1v) is 8.18. The summed E-state index contributed by atoms with van der Waals surface area (Å²) in [5.74, 6) is 0.364. The minimum atomic E-state index is -0.287. The molecule has 0 radical (unpaired) electrons. The Kier molecular flexibility index (Phi) is 5.07. The molecule has 0 aromatic carbocycles. The summed E-state index contributed by atoms with van der Waals surface area (Å²) in [6, 6.07) is 2.70. The topological polar surface area (TPSA) is 82.5 Å². The lowest BCUT2D eigenvalue weighted by atomic mass is 9.86. The largest absolute Gasteiger partial charge is 0.379 e. The van der Waals surface area contributed by atoms with Gasteiger partial charge < -0.3 is 14.8 Å². The fourth-order valence-electron chi connectivity index (χ4n) is 2.83. The van der Waals surface area contributed by atoms with Gasteiger partial charge in [0.05, 0.1) is 12.6 Å². The van der Waals surface area contributed by atoms with Crippen molar-refractivity contribution >= 4 is 5.91 Å². The quantitative estimate of drug-likeness (QED) is 0.853. The van der Waals surface area contributed by atoms with E-state index in [1.807, 2.05) is 0 Å². The molecular formula is C16H23N3O4. The van der Waals surface area contributed by atoms with Gasteiger partial charge in [-0.05, 0) is 31.2 Å². The second kappa shape index (κ2) is 7.23. The zero-order valence-electron chi connectivity index (χ0n) is 13.4. The van der Waals surface area contributed by atoms with Crippen molar-refractivity contribution in [3.05, 3.63) is 28.2 Å². The number of rotatable bonds is 5. The second-order valence-electron chi connectivity index (χ2n) is 6.29. The summed E-state index contributed by atoms with van der Waals surface area (Å²) in [5, 5.41) is 6.95. The maximum absolute atomic E-state index is 12.3. The van der Waals surface area contributed by atoms with Gasteiger partial charge in [0.1, 0.15) is 11.8 Å². The highest BCUT2D eigenvalue weighted by molar-refractivity contribution is 5.92. The average molecular weight is 321 g/mol. The van der Waals surface area contributed by atoms with Gasteiger partial charge in [0.25, 0.3) is 11.5 Å². The molecule has 1 aromatic rings. The van der Waals surface area contributed by atoms with Crippen molar-refractivity contribution in [2.24, 2.45) is 13.0 Å². The van der Waals surface area contributed by atoms with Crippen molar-refractivity contribution in [3.63, 3.8) is 0 Å². The van der Waals surface area contributed by atoms with Crippen molar-refractivity contribution in [1.29, 1.82) is 0 Å². The molecule has 2 fully saturated rings. The van der Waals surface area contributed by atoms with Gasteiger partial charge in [0.2, 0.25) is 0 Å². The van der Waals surface area contributed by atoms with Crippen LogP contribution in [0.3, 0.4) is 0 Å². The van der Waals surface area contributed by atoms with E-state index in [1.54, 1.807) is 0 Å². The van der Waals surface area contributed by atoms with Crippen molar-refractivity contribution < 1.29 is 14.3 Å². The third-order valence-corrected chi connectivity index (χ3v) is 4.58. The Bertz CT molecular complexity index is 612. The van der Waals surface area contributed by atoms with E-state index < -0.39 is 0 Å². The van der Waals surface area contributed by atoms with Gasteiger partial charge in [0.15, 0.2) is 0 Å². The molecule has 0 unspecified atom stereocenters. The number of nitrogens with zero attached hydrogens (tertiary/aromatic N) is 2. The first-order chi connectivity index (χ1) is 11.1. The predicted octanol–water partition coefficient (Wildman–Crippen LogP) is 0.484. The fraction of sp³-hybridized carbons (Fsp3) is 0.688. The van der Waals surface area contributed by atoms with Crippen molar-refractivity contribution in [2.75, 3.05) is 19.8 Å². The normalized spacial score (nSPS) is 24.9. The lowest BCUT2D eigenvalue weighted by molar-refractivity contribution is -0.0819. The van der Waals surface area contributed by atoms with Gasteiger partial charge in [-0.1, -0.05) is 6.42 Å². The molecule has 1 aliphatic heterocycles. The van der Waals surface area contributed by atoms with Gasteiger partial charge >= 0.3 is 0 Å². The first-order valence-electron chi connectivity index (χ1n) is 8.18. The molecule has 2 aliphatic rings. The monoisotopic (exact) mass is 321 g/mol. The molecule has 3 rings (SSSR count). The van der Waals surface area contributed by atoms with Crippen LogP contribution in [-0.2, 0) is 16.5 Å². The SMILES string of the molecule is Cn1nc(C(=O)N[C@@H]2CCOC[C@H]2OCC2CCC2)ccc1=O. The maximum atomic E-state index is 12.3. The summed E-state index contributed by atoms with van der Waals surface area (Å²) in [6.45, 7) is 1.84. The number of amides is 1. The molecule has 2 atom stereocenters. The maximum Gasteiger partial charge on any atom is 0.272 e. The van der Waals surface area contributed by atoms with Gasteiger partial charge in [-0.3, -0.25) is 9.59 Å². The van der Waals surface area contributed by atoms with E-state index in [4.69, 9.17) is 9.47 Å². The number of ether oxygens (including phenoxy) is 2. The van der Waals surface area contributed by atoms with Crippen molar-refractivity contribution in [2.45, 2.75) is 37.8 Å². The number of nitrogens with one attached hydrogen (secondary N) is 1. The number of aromatic nitrogens is 2. The number of aryl methyl sites for hydroxylation is 1. The van der Waals surface area contributed by atoms with Gasteiger partial charge in [-0.15, -0.1) is 0 Å². The summed E-state index contributed by atoms with van der Waals surface area (Å²) in [5.41, 5.74) is -0.00865. The zero-order chi connectivity index (χ0) is 16.2. The molecule has 1 aromatic heterocycles.